The van der Waals surface area contributed by atoms with E-state index < -0.39 is 0 Å². The van der Waals surface area contributed by atoms with Crippen LogP contribution in [0.15, 0.2) is 34.9 Å². The highest BCUT2D eigenvalue weighted by atomic mass is 79.9. The van der Waals surface area contributed by atoms with Crippen LogP contribution in [0.5, 0.6) is 0 Å². The third-order valence-electron chi connectivity index (χ3n) is 3.31. The number of rotatable bonds is 7. The number of aliphatic hydroxyl groups excluding tert-OH is 1. The van der Waals surface area contributed by atoms with Crippen LogP contribution in [0.2, 0.25) is 0 Å². The Morgan fingerprint density at radius 1 is 1.38 bits per heavy atom. The number of ketones is 1. The zero-order chi connectivity index (χ0) is 15.2. The highest BCUT2D eigenvalue weighted by Crippen LogP contribution is 2.18. The monoisotopic (exact) mass is 350 g/mol. The van der Waals surface area contributed by atoms with Crippen LogP contribution >= 0.6 is 15.9 Å². The molecule has 0 aliphatic rings. The lowest BCUT2D eigenvalue weighted by Crippen LogP contribution is -2.13. The first-order valence-electron chi connectivity index (χ1n) is 7.09. The van der Waals surface area contributed by atoms with Gasteiger partial charge in [-0.3, -0.25) is 4.79 Å². The maximum Gasteiger partial charge on any atom is 0.183 e. The van der Waals surface area contributed by atoms with Gasteiger partial charge in [-0.05, 0) is 12.5 Å². The van der Waals surface area contributed by atoms with E-state index in [-0.39, 0.29) is 18.9 Å². The van der Waals surface area contributed by atoms with Gasteiger partial charge in [-0.15, -0.1) is 0 Å². The zero-order valence-corrected chi connectivity index (χ0v) is 13.6. The van der Waals surface area contributed by atoms with Gasteiger partial charge in [-0.2, -0.15) is 0 Å². The van der Waals surface area contributed by atoms with Gasteiger partial charge in [0.2, 0.25) is 0 Å². The second kappa shape index (κ2) is 7.52. The minimum atomic E-state index is -0.102. The second-order valence-corrected chi connectivity index (χ2v) is 5.80. The van der Waals surface area contributed by atoms with Crippen molar-refractivity contribution in [2.75, 3.05) is 0 Å². The maximum absolute atomic E-state index is 12.4. The number of imidazole rings is 1. The summed E-state index contributed by atoms with van der Waals surface area (Å²) in [5.41, 5.74) is 1.28. The number of nitrogens with zero attached hydrogens (tertiary/aromatic N) is 2. The molecule has 1 N–H and O–H groups in total. The number of hydrogen-bond acceptors (Lipinski definition) is 3. The number of benzene rings is 1. The predicted molar refractivity (Wildman–Crippen MR) is 85.2 cm³/mol. The molecule has 0 aliphatic heterocycles. The van der Waals surface area contributed by atoms with E-state index in [4.69, 9.17) is 0 Å². The number of hydrogen-bond donors (Lipinski definition) is 1. The van der Waals surface area contributed by atoms with E-state index in [2.05, 4.69) is 27.8 Å². The molecular weight excluding hydrogens is 332 g/mol. The van der Waals surface area contributed by atoms with Gasteiger partial charge in [0, 0.05) is 22.7 Å². The van der Waals surface area contributed by atoms with Crippen LogP contribution in [0.3, 0.4) is 0 Å². The van der Waals surface area contributed by atoms with Crippen molar-refractivity contribution in [3.63, 3.8) is 0 Å². The van der Waals surface area contributed by atoms with Crippen molar-refractivity contribution < 1.29 is 9.90 Å². The van der Waals surface area contributed by atoms with Gasteiger partial charge in [-0.25, -0.2) is 4.98 Å². The fourth-order valence-corrected chi connectivity index (χ4v) is 2.69. The summed E-state index contributed by atoms with van der Waals surface area (Å²) in [4.78, 5) is 16.8. The van der Waals surface area contributed by atoms with Crippen LogP contribution in [0, 0.1) is 0 Å². The van der Waals surface area contributed by atoms with E-state index in [1.165, 1.54) is 0 Å². The van der Waals surface area contributed by atoms with Gasteiger partial charge in [0.25, 0.3) is 0 Å². The average molecular weight is 351 g/mol. The molecule has 0 atom stereocenters. The highest BCUT2D eigenvalue weighted by Gasteiger charge is 2.14. The highest BCUT2D eigenvalue weighted by molar-refractivity contribution is 9.10. The lowest BCUT2D eigenvalue weighted by molar-refractivity contribution is 0.0970. The van der Waals surface area contributed by atoms with Gasteiger partial charge in [-0.1, -0.05) is 47.5 Å². The lowest BCUT2D eigenvalue weighted by atomic mass is 10.1. The number of carbonyl (C=O) groups excluding carboxylic acids is 1. The maximum atomic E-state index is 12.4. The first-order valence-corrected chi connectivity index (χ1v) is 7.88. The SMILES string of the molecule is CCCCc1nc(CO)cn1CC(=O)c1ccccc1Br. The van der Waals surface area contributed by atoms with Crippen molar-refractivity contribution in [2.24, 2.45) is 0 Å². The number of aryl methyl sites for hydroxylation is 1. The van der Waals surface area contributed by atoms with Crippen LogP contribution in [0.25, 0.3) is 0 Å². The molecule has 0 bridgehead atoms. The molecule has 112 valence electrons. The molecule has 4 nitrogen and oxygen atoms in total. The van der Waals surface area contributed by atoms with E-state index >= 15 is 0 Å². The number of aromatic nitrogens is 2. The van der Waals surface area contributed by atoms with Gasteiger partial charge in [0.1, 0.15) is 5.82 Å². The predicted octanol–water partition coefficient (Wildman–Crippen LogP) is 3.36. The minimum Gasteiger partial charge on any atom is -0.390 e. The van der Waals surface area contributed by atoms with Crippen molar-refractivity contribution >= 4 is 21.7 Å². The molecule has 5 heteroatoms. The smallest absolute Gasteiger partial charge is 0.183 e. The molecule has 1 aromatic carbocycles. The molecule has 0 radical (unpaired) electrons. The largest absolute Gasteiger partial charge is 0.390 e. The zero-order valence-electron chi connectivity index (χ0n) is 12.1. The van der Waals surface area contributed by atoms with Crippen molar-refractivity contribution in [2.45, 2.75) is 39.3 Å². The number of aliphatic hydroxyl groups is 1. The summed E-state index contributed by atoms with van der Waals surface area (Å²) in [5.74, 6) is 0.892. The molecule has 0 spiro atoms. The fraction of sp³-hybridized carbons (Fsp3) is 0.375. The third kappa shape index (κ3) is 4.02. The molecular formula is C16H19BrN2O2. The summed E-state index contributed by atoms with van der Waals surface area (Å²) in [6.45, 7) is 2.26. The Labute approximate surface area is 133 Å². The minimum absolute atomic E-state index is 0.0297. The van der Waals surface area contributed by atoms with E-state index in [1.807, 2.05) is 28.8 Å². The summed E-state index contributed by atoms with van der Waals surface area (Å²) < 4.78 is 2.65. The van der Waals surface area contributed by atoms with Crippen LogP contribution in [0.4, 0.5) is 0 Å². The van der Waals surface area contributed by atoms with Gasteiger partial charge in [0.05, 0.1) is 18.8 Å². The van der Waals surface area contributed by atoms with E-state index in [1.54, 1.807) is 6.20 Å². The Kier molecular flexibility index (Phi) is 5.70. The normalized spacial score (nSPS) is 10.8. The average Bonchev–Trinajstić information content (AvgIpc) is 2.87. The van der Waals surface area contributed by atoms with Crippen LogP contribution < -0.4 is 0 Å². The molecule has 0 saturated heterocycles. The third-order valence-corrected chi connectivity index (χ3v) is 4.00. The Hall–Kier alpha value is -1.46. The second-order valence-electron chi connectivity index (χ2n) is 4.94. The summed E-state index contributed by atoms with van der Waals surface area (Å²) in [7, 11) is 0. The number of halogens is 1. The molecule has 0 fully saturated rings. The Morgan fingerprint density at radius 3 is 2.81 bits per heavy atom. The number of carbonyl (C=O) groups is 1. The Bertz CT molecular complexity index is 622. The molecule has 21 heavy (non-hydrogen) atoms. The standard InChI is InChI=1S/C16H19BrN2O2/c1-2-3-8-16-18-12(11-20)9-19(16)10-15(21)13-6-4-5-7-14(13)17/h4-7,9,20H,2-3,8,10-11H2,1H3. The van der Waals surface area contributed by atoms with Gasteiger partial charge >= 0.3 is 0 Å². The fourth-order valence-electron chi connectivity index (χ4n) is 2.19. The van der Waals surface area contributed by atoms with E-state index in [0.29, 0.717) is 11.3 Å². The molecule has 0 aliphatic carbocycles. The first-order chi connectivity index (χ1) is 10.2. The number of unbranched alkanes of at least 4 members (excludes halogenated alkanes) is 1. The molecule has 0 amide bonds. The van der Waals surface area contributed by atoms with Crippen LogP contribution in [-0.2, 0) is 19.6 Å². The van der Waals surface area contributed by atoms with Crippen molar-refractivity contribution in [1.29, 1.82) is 0 Å². The van der Waals surface area contributed by atoms with Gasteiger partial charge < -0.3 is 9.67 Å². The summed E-state index contributed by atoms with van der Waals surface area (Å²) >= 11 is 3.40. The van der Waals surface area contributed by atoms with E-state index in [0.717, 1.165) is 29.6 Å². The summed E-state index contributed by atoms with van der Waals surface area (Å²) in [5, 5.41) is 9.23. The van der Waals surface area contributed by atoms with Crippen molar-refractivity contribution in [3.8, 4) is 0 Å². The molecule has 2 aromatic rings. The van der Waals surface area contributed by atoms with Gasteiger partial charge in [0.15, 0.2) is 5.78 Å². The Morgan fingerprint density at radius 2 is 2.14 bits per heavy atom. The quantitative estimate of drug-likeness (QED) is 0.779. The number of Topliss-reactive ketones (excluding diaryl/α,β-unsaturated/α-hetero) is 1. The summed E-state index contributed by atoms with van der Waals surface area (Å²) in [6.07, 6.45) is 4.67. The molecule has 2 rings (SSSR count). The van der Waals surface area contributed by atoms with Crippen molar-refractivity contribution in [3.05, 3.63) is 52.0 Å². The van der Waals surface area contributed by atoms with Crippen molar-refractivity contribution in [1.82, 2.24) is 9.55 Å². The first kappa shape index (κ1) is 15.9. The molecule has 0 unspecified atom stereocenters. The lowest BCUT2D eigenvalue weighted by Gasteiger charge is -2.08. The summed E-state index contributed by atoms with van der Waals surface area (Å²) in [6, 6.07) is 7.40. The van der Waals surface area contributed by atoms with Crippen LogP contribution in [-0.4, -0.2) is 20.4 Å². The Balaban J connectivity index is 2.20. The molecule has 1 heterocycles. The van der Waals surface area contributed by atoms with Crippen LogP contribution in [0.1, 0.15) is 41.6 Å². The molecule has 1 aromatic heterocycles. The topological polar surface area (TPSA) is 55.1 Å². The molecule has 0 saturated carbocycles. The van der Waals surface area contributed by atoms with E-state index in [9.17, 15) is 9.90 Å².